The average molecular weight is 332 g/mol. The highest BCUT2D eigenvalue weighted by molar-refractivity contribution is 7.86. The van der Waals surface area contributed by atoms with E-state index < -0.39 is 10.2 Å². The first kappa shape index (κ1) is 16.7. The van der Waals surface area contributed by atoms with Gasteiger partial charge in [0.2, 0.25) is 0 Å². The Morgan fingerprint density at radius 3 is 2.52 bits per heavy atom. The Morgan fingerprint density at radius 1 is 1.33 bits per heavy atom. The van der Waals surface area contributed by atoms with Crippen molar-refractivity contribution in [2.45, 2.75) is 19.3 Å². The molecule has 1 aromatic rings. The maximum absolute atomic E-state index is 12.5. The Labute approximate surface area is 132 Å². The lowest BCUT2D eigenvalue weighted by molar-refractivity contribution is 0.272. The minimum atomic E-state index is -3.36. The summed E-state index contributed by atoms with van der Waals surface area (Å²) in [6.45, 7) is 1.61. The van der Waals surface area contributed by atoms with Crippen molar-refractivity contribution < 1.29 is 8.42 Å². The van der Waals surface area contributed by atoms with E-state index in [0.717, 1.165) is 18.4 Å². The number of hydrogen-bond acceptors (Lipinski definition) is 3. The summed E-state index contributed by atoms with van der Waals surface area (Å²) in [5.41, 5.74) is 1.09. The molecule has 0 saturated carbocycles. The van der Waals surface area contributed by atoms with Crippen molar-refractivity contribution in [2.24, 2.45) is 5.92 Å². The minimum absolute atomic E-state index is 0.445. The first-order chi connectivity index (χ1) is 10.0. The zero-order valence-electron chi connectivity index (χ0n) is 12.3. The molecule has 1 aliphatic rings. The van der Waals surface area contributed by atoms with Crippen LogP contribution in [-0.4, -0.2) is 54.6 Å². The molecule has 2 rings (SSSR count). The fourth-order valence-electron chi connectivity index (χ4n) is 2.44. The number of pyridine rings is 1. The van der Waals surface area contributed by atoms with Crippen LogP contribution in [0.2, 0.25) is 0 Å². The zero-order valence-corrected chi connectivity index (χ0v) is 13.9. The molecule has 0 unspecified atom stereocenters. The van der Waals surface area contributed by atoms with Crippen molar-refractivity contribution in [2.75, 3.05) is 32.6 Å². The fraction of sp³-hybridized carbons (Fsp3) is 0.643. The molecule has 0 aromatic carbocycles. The molecule has 0 spiro atoms. The van der Waals surface area contributed by atoms with Gasteiger partial charge >= 0.3 is 0 Å². The topological polar surface area (TPSA) is 53.5 Å². The highest BCUT2D eigenvalue weighted by Gasteiger charge is 2.30. The molecule has 0 radical (unpaired) electrons. The summed E-state index contributed by atoms with van der Waals surface area (Å²) in [6, 6.07) is 3.82. The van der Waals surface area contributed by atoms with E-state index >= 15 is 0 Å². The predicted molar refractivity (Wildman–Crippen MR) is 84.5 cm³/mol. The Balaban J connectivity index is 1.90. The van der Waals surface area contributed by atoms with Gasteiger partial charge < -0.3 is 0 Å². The van der Waals surface area contributed by atoms with Crippen LogP contribution >= 0.6 is 11.6 Å². The summed E-state index contributed by atoms with van der Waals surface area (Å²) >= 11 is 5.84. The van der Waals surface area contributed by atoms with Gasteiger partial charge in [-0.15, -0.1) is 11.6 Å². The lowest BCUT2D eigenvalue weighted by Crippen LogP contribution is -2.46. The molecule has 1 saturated heterocycles. The monoisotopic (exact) mass is 331 g/mol. The summed E-state index contributed by atoms with van der Waals surface area (Å²) in [5.74, 6) is 1.06. The highest BCUT2D eigenvalue weighted by atomic mass is 35.5. The molecule has 0 bridgehead atoms. The predicted octanol–water partition coefficient (Wildman–Crippen LogP) is 1.75. The van der Waals surface area contributed by atoms with Gasteiger partial charge in [-0.2, -0.15) is 17.0 Å². The third kappa shape index (κ3) is 4.39. The van der Waals surface area contributed by atoms with Crippen LogP contribution < -0.4 is 0 Å². The molecule has 0 aliphatic carbocycles. The molecule has 0 atom stereocenters. The van der Waals surface area contributed by atoms with Crippen molar-refractivity contribution in [3.63, 3.8) is 0 Å². The number of alkyl halides is 1. The summed E-state index contributed by atoms with van der Waals surface area (Å²) in [5, 5.41) is 0. The molecular formula is C14H22ClN3O2S. The van der Waals surface area contributed by atoms with Crippen molar-refractivity contribution in [3.05, 3.63) is 30.1 Å². The van der Waals surface area contributed by atoms with Gasteiger partial charge in [0.25, 0.3) is 10.2 Å². The van der Waals surface area contributed by atoms with E-state index in [2.05, 4.69) is 4.98 Å². The highest BCUT2D eigenvalue weighted by Crippen LogP contribution is 2.21. The molecule has 5 nitrogen and oxygen atoms in total. The third-order valence-corrected chi connectivity index (χ3v) is 6.40. The van der Waals surface area contributed by atoms with Gasteiger partial charge in [-0.1, -0.05) is 0 Å². The maximum atomic E-state index is 12.5. The van der Waals surface area contributed by atoms with E-state index in [9.17, 15) is 8.42 Å². The largest absolute Gasteiger partial charge is 0.281 e. The summed E-state index contributed by atoms with van der Waals surface area (Å²) in [7, 11) is -1.71. The Hall–Kier alpha value is -0.690. The smallest absolute Gasteiger partial charge is 0.265 e. The van der Waals surface area contributed by atoms with Crippen LogP contribution in [0.25, 0.3) is 0 Å². The molecule has 1 fully saturated rings. The van der Waals surface area contributed by atoms with Crippen LogP contribution in [0.5, 0.6) is 0 Å². The number of rotatable bonds is 6. The minimum Gasteiger partial charge on any atom is -0.265 e. The van der Waals surface area contributed by atoms with Gasteiger partial charge in [0, 0.05) is 45.0 Å². The molecule has 118 valence electrons. The second-order valence-electron chi connectivity index (χ2n) is 5.43. The molecule has 21 heavy (non-hydrogen) atoms. The lowest BCUT2D eigenvalue weighted by Gasteiger charge is -2.33. The van der Waals surface area contributed by atoms with Crippen LogP contribution in [0.3, 0.4) is 0 Å². The maximum Gasteiger partial charge on any atom is 0.281 e. The van der Waals surface area contributed by atoms with Crippen LogP contribution in [0.1, 0.15) is 18.4 Å². The Morgan fingerprint density at radius 2 is 1.95 bits per heavy atom. The van der Waals surface area contributed by atoms with Crippen LogP contribution in [0.15, 0.2) is 24.5 Å². The van der Waals surface area contributed by atoms with Crippen LogP contribution in [0.4, 0.5) is 0 Å². The van der Waals surface area contributed by atoms with E-state index in [1.54, 1.807) is 23.7 Å². The lowest BCUT2D eigenvalue weighted by atomic mass is 10.0. The van der Waals surface area contributed by atoms with Crippen LogP contribution in [-0.2, 0) is 16.6 Å². The van der Waals surface area contributed by atoms with Crippen molar-refractivity contribution >= 4 is 21.8 Å². The first-order valence-corrected chi connectivity index (χ1v) is 9.13. The Bertz CT molecular complexity index is 530. The molecule has 0 amide bonds. The zero-order chi connectivity index (χ0) is 15.3. The van der Waals surface area contributed by atoms with Gasteiger partial charge in [-0.05, 0) is 42.9 Å². The van der Waals surface area contributed by atoms with E-state index in [0.29, 0.717) is 37.9 Å². The number of piperidine rings is 1. The number of hydrogen-bond donors (Lipinski definition) is 0. The molecule has 0 N–H and O–H groups in total. The van der Waals surface area contributed by atoms with Crippen molar-refractivity contribution in [1.29, 1.82) is 0 Å². The SMILES string of the molecule is CN(CCc1ccncc1)S(=O)(=O)N1CCC(CCl)CC1. The van der Waals surface area contributed by atoms with Gasteiger partial charge in [-0.25, -0.2) is 0 Å². The first-order valence-electron chi connectivity index (χ1n) is 7.20. The average Bonchev–Trinajstić information content (AvgIpc) is 2.53. The number of likely N-dealkylation sites (N-methyl/N-ethyl adjacent to an activating group) is 1. The summed E-state index contributed by atoms with van der Waals surface area (Å²) in [4.78, 5) is 3.96. The third-order valence-electron chi connectivity index (χ3n) is 3.98. The number of nitrogens with zero attached hydrogens (tertiary/aromatic N) is 3. The van der Waals surface area contributed by atoms with Crippen LogP contribution in [0, 0.1) is 5.92 Å². The second kappa shape index (κ2) is 7.54. The van der Waals surface area contributed by atoms with E-state index in [1.165, 1.54) is 4.31 Å². The summed E-state index contributed by atoms with van der Waals surface area (Å²) < 4.78 is 28.0. The van der Waals surface area contributed by atoms with Gasteiger partial charge in [0.1, 0.15) is 0 Å². The second-order valence-corrected chi connectivity index (χ2v) is 7.78. The number of aromatic nitrogens is 1. The van der Waals surface area contributed by atoms with Crippen molar-refractivity contribution in [1.82, 2.24) is 13.6 Å². The van der Waals surface area contributed by atoms with E-state index in [4.69, 9.17) is 11.6 Å². The van der Waals surface area contributed by atoms with Gasteiger partial charge in [-0.3, -0.25) is 4.98 Å². The molecule has 1 aromatic heterocycles. The number of halogens is 1. The quantitative estimate of drug-likeness (QED) is 0.746. The standard InChI is InChI=1S/C14H22ClN3O2S/c1-17(9-4-13-2-7-16-8-3-13)21(19,20)18-10-5-14(12-15)6-11-18/h2-3,7-8,14H,4-6,9-12H2,1H3. The van der Waals surface area contributed by atoms with Crippen molar-refractivity contribution in [3.8, 4) is 0 Å². The fourth-order valence-corrected chi connectivity index (χ4v) is 4.14. The molecule has 7 heteroatoms. The Kier molecular flexibility index (Phi) is 5.98. The molecular weight excluding hydrogens is 310 g/mol. The van der Waals surface area contributed by atoms with E-state index in [-0.39, 0.29) is 0 Å². The van der Waals surface area contributed by atoms with E-state index in [1.807, 2.05) is 12.1 Å². The molecule has 1 aliphatic heterocycles. The van der Waals surface area contributed by atoms with Gasteiger partial charge in [0.15, 0.2) is 0 Å². The summed E-state index contributed by atoms with van der Waals surface area (Å²) in [6.07, 6.45) is 5.83. The van der Waals surface area contributed by atoms with Gasteiger partial charge in [0.05, 0.1) is 0 Å². The molecule has 2 heterocycles. The normalized spacial score (nSPS) is 18.2.